The molecule has 1 aliphatic rings. The first kappa shape index (κ1) is 19.9. The minimum absolute atomic E-state index is 0.0308. The molecule has 1 atom stereocenters. The summed E-state index contributed by atoms with van der Waals surface area (Å²) in [5.41, 5.74) is 3.87. The summed E-state index contributed by atoms with van der Waals surface area (Å²) >= 11 is 1.49. The minimum atomic E-state index is 0.0308. The second-order valence-corrected chi connectivity index (χ2v) is 8.52. The van der Waals surface area contributed by atoms with Gasteiger partial charge in [-0.15, -0.1) is 5.10 Å². The summed E-state index contributed by atoms with van der Waals surface area (Å²) in [6.07, 6.45) is 7.06. The molecule has 1 aromatic carbocycles. The van der Waals surface area contributed by atoms with E-state index in [0.29, 0.717) is 23.3 Å². The number of hydrogen-bond donors (Lipinski definition) is 1. The van der Waals surface area contributed by atoms with Gasteiger partial charge in [0.1, 0.15) is 0 Å². The highest BCUT2D eigenvalue weighted by molar-refractivity contribution is 7.98. The third-order valence-corrected chi connectivity index (χ3v) is 6.43. The number of nitrogens with zero attached hydrogens (tertiary/aromatic N) is 4. The maximum Gasteiger partial charge on any atom is 0.253 e. The van der Waals surface area contributed by atoms with Gasteiger partial charge in [-0.3, -0.25) is 4.79 Å². The monoisotopic (exact) mass is 409 g/mol. The van der Waals surface area contributed by atoms with E-state index in [0.717, 1.165) is 17.0 Å². The average molecular weight is 410 g/mol. The highest BCUT2D eigenvalue weighted by Crippen LogP contribution is 2.35. The molecule has 6 nitrogen and oxygen atoms in total. The summed E-state index contributed by atoms with van der Waals surface area (Å²) in [6, 6.07) is 10.4. The molecule has 3 aromatic rings. The first-order valence-electron chi connectivity index (χ1n) is 10.2. The van der Waals surface area contributed by atoms with Crippen LogP contribution >= 0.6 is 11.8 Å². The van der Waals surface area contributed by atoms with Gasteiger partial charge in [-0.1, -0.05) is 54.9 Å². The summed E-state index contributed by atoms with van der Waals surface area (Å²) in [7, 11) is 0. The second-order valence-electron chi connectivity index (χ2n) is 7.75. The number of aromatic nitrogens is 4. The molecule has 1 amide bonds. The van der Waals surface area contributed by atoms with Crippen LogP contribution in [-0.2, 0) is 11.2 Å². The fraction of sp³-hybridized carbons (Fsp3) is 0.455. The molecule has 0 aliphatic heterocycles. The number of nitrogens with one attached hydrogen (secondary N) is 1. The molecular formula is C22H27N5OS. The van der Waals surface area contributed by atoms with Gasteiger partial charge in [0, 0.05) is 17.0 Å². The van der Waals surface area contributed by atoms with Gasteiger partial charge >= 0.3 is 0 Å². The second kappa shape index (κ2) is 8.53. The fourth-order valence-electron chi connectivity index (χ4n) is 4.34. The van der Waals surface area contributed by atoms with Gasteiger partial charge in [0.05, 0.1) is 12.5 Å². The molecule has 0 saturated heterocycles. The van der Waals surface area contributed by atoms with Gasteiger partial charge in [-0.2, -0.15) is 4.98 Å². The lowest BCUT2D eigenvalue weighted by atomic mass is 9.91. The maximum atomic E-state index is 13.1. The number of hydrogen-bond acceptors (Lipinski definition) is 5. The number of amides is 1. The summed E-state index contributed by atoms with van der Waals surface area (Å²) < 4.78 is 1.74. The van der Waals surface area contributed by atoms with E-state index in [4.69, 9.17) is 0 Å². The number of rotatable bonds is 6. The molecule has 1 aliphatic carbocycles. The van der Waals surface area contributed by atoms with Crippen LogP contribution in [0.4, 0.5) is 0 Å². The Morgan fingerprint density at radius 2 is 1.93 bits per heavy atom. The van der Waals surface area contributed by atoms with E-state index in [9.17, 15) is 4.79 Å². The highest BCUT2D eigenvalue weighted by atomic mass is 32.2. The number of thioether (sulfide) groups is 1. The van der Waals surface area contributed by atoms with Crippen LogP contribution in [0, 0.1) is 19.8 Å². The van der Waals surface area contributed by atoms with Crippen LogP contribution in [0.3, 0.4) is 0 Å². The molecule has 2 heterocycles. The van der Waals surface area contributed by atoms with E-state index in [2.05, 4.69) is 32.5 Å². The molecule has 4 rings (SSSR count). The number of benzene rings is 1. The standard InChI is InChI=1S/C22H27N5OS/c1-14-18(15(2)27-21(23-14)25-22(26-27)29-3)13-19(28)24-20(17-11-7-8-12-17)16-9-5-4-6-10-16/h4-6,9-10,17,20H,7-8,11-13H2,1-3H3,(H,24,28). The van der Waals surface area contributed by atoms with Gasteiger partial charge in [0.2, 0.25) is 11.1 Å². The van der Waals surface area contributed by atoms with Crippen LogP contribution in [-0.4, -0.2) is 31.7 Å². The van der Waals surface area contributed by atoms with Gasteiger partial charge in [-0.25, -0.2) is 9.50 Å². The first-order chi connectivity index (χ1) is 14.1. The number of carbonyl (C=O) groups excluding carboxylic acids is 1. The molecule has 29 heavy (non-hydrogen) atoms. The number of fused-ring (bicyclic) bond motifs is 1. The maximum absolute atomic E-state index is 13.1. The summed E-state index contributed by atoms with van der Waals surface area (Å²) in [6.45, 7) is 3.92. The molecular weight excluding hydrogens is 382 g/mol. The number of aryl methyl sites for hydroxylation is 2. The van der Waals surface area contributed by atoms with Crippen molar-refractivity contribution in [1.29, 1.82) is 0 Å². The third-order valence-electron chi connectivity index (χ3n) is 5.90. The Labute approximate surface area is 175 Å². The van der Waals surface area contributed by atoms with Gasteiger partial charge in [0.25, 0.3) is 5.78 Å². The molecule has 7 heteroatoms. The summed E-state index contributed by atoms with van der Waals surface area (Å²) in [4.78, 5) is 22.1. The molecule has 0 radical (unpaired) electrons. The molecule has 1 saturated carbocycles. The predicted octanol–water partition coefficient (Wildman–Crippen LogP) is 4.05. The molecule has 152 valence electrons. The third kappa shape index (κ3) is 4.15. The van der Waals surface area contributed by atoms with Crippen molar-refractivity contribution < 1.29 is 4.79 Å². The molecule has 1 N–H and O–H groups in total. The molecule has 1 unspecified atom stereocenters. The Kier molecular flexibility index (Phi) is 5.85. The van der Waals surface area contributed by atoms with E-state index in [-0.39, 0.29) is 11.9 Å². The lowest BCUT2D eigenvalue weighted by Gasteiger charge is -2.25. The average Bonchev–Trinajstić information content (AvgIpc) is 3.40. The van der Waals surface area contributed by atoms with Crippen LogP contribution in [0.2, 0.25) is 0 Å². The molecule has 1 fully saturated rings. The quantitative estimate of drug-likeness (QED) is 0.622. The largest absolute Gasteiger partial charge is 0.349 e. The van der Waals surface area contributed by atoms with Crippen molar-refractivity contribution in [3.63, 3.8) is 0 Å². The van der Waals surface area contributed by atoms with Crippen LogP contribution in [0.1, 0.15) is 54.2 Å². The Balaban J connectivity index is 1.58. The van der Waals surface area contributed by atoms with Crippen molar-refractivity contribution in [2.75, 3.05) is 6.26 Å². The zero-order chi connectivity index (χ0) is 20.4. The lowest BCUT2D eigenvalue weighted by molar-refractivity contribution is -0.121. The van der Waals surface area contributed by atoms with Crippen molar-refractivity contribution in [3.05, 3.63) is 52.8 Å². The van der Waals surface area contributed by atoms with Gasteiger partial charge in [-0.05, 0) is 44.4 Å². The summed E-state index contributed by atoms with van der Waals surface area (Å²) in [5.74, 6) is 1.12. The van der Waals surface area contributed by atoms with Crippen LogP contribution < -0.4 is 5.32 Å². The first-order valence-corrected chi connectivity index (χ1v) is 11.4. The Hall–Kier alpha value is -2.41. The van der Waals surface area contributed by atoms with Crippen LogP contribution in [0.25, 0.3) is 5.78 Å². The van der Waals surface area contributed by atoms with Gasteiger partial charge in [0.15, 0.2) is 0 Å². The van der Waals surface area contributed by atoms with E-state index in [1.54, 1.807) is 4.52 Å². The molecule has 0 spiro atoms. The zero-order valence-corrected chi connectivity index (χ0v) is 18.0. The minimum Gasteiger partial charge on any atom is -0.349 e. The van der Waals surface area contributed by atoms with Crippen molar-refractivity contribution >= 4 is 23.4 Å². The van der Waals surface area contributed by atoms with Crippen molar-refractivity contribution in [2.45, 2.75) is 57.1 Å². The van der Waals surface area contributed by atoms with E-state index in [1.807, 2.05) is 38.3 Å². The van der Waals surface area contributed by atoms with E-state index < -0.39 is 0 Å². The SMILES string of the molecule is CSc1nc2nc(C)c(CC(=O)NC(c3ccccc3)C3CCCC3)c(C)n2n1. The fourth-order valence-corrected chi connectivity index (χ4v) is 4.68. The van der Waals surface area contributed by atoms with Crippen molar-refractivity contribution in [3.8, 4) is 0 Å². The van der Waals surface area contributed by atoms with Crippen LogP contribution in [0.15, 0.2) is 35.5 Å². The summed E-state index contributed by atoms with van der Waals surface area (Å²) in [5, 5.41) is 8.50. The molecule has 2 aromatic heterocycles. The zero-order valence-electron chi connectivity index (χ0n) is 17.2. The topological polar surface area (TPSA) is 72.2 Å². The Morgan fingerprint density at radius 3 is 2.62 bits per heavy atom. The Morgan fingerprint density at radius 1 is 1.21 bits per heavy atom. The van der Waals surface area contributed by atoms with Crippen molar-refractivity contribution in [2.24, 2.45) is 5.92 Å². The normalized spacial score (nSPS) is 15.7. The van der Waals surface area contributed by atoms with Crippen LogP contribution in [0.5, 0.6) is 0 Å². The highest BCUT2D eigenvalue weighted by Gasteiger charge is 2.28. The van der Waals surface area contributed by atoms with Crippen molar-refractivity contribution in [1.82, 2.24) is 24.9 Å². The predicted molar refractivity (Wildman–Crippen MR) is 115 cm³/mol. The lowest BCUT2D eigenvalue weighted by Crippen LogP contribution is -2.34. The molecule has 0 bridgehead atoms. The van der Waals surface area contributed by atoms with E-state index in [1.165, 1.54) is 43.0 Å². The number of carbonyl (C=O) groups is 1. The Bertz CT molecular complexity index is 1010. The van der Waals surface area contributed by atoms with E-state index >= 15 is 0 Å². The smallest absolute Gasteiger partial charge is 0.253 e. The van der Waals surface area contributed by atoms with Gasteiger partial charge < -0.3 is 5.32 Å².